The van der Waals surface area contributed by atoms with Crippen LogP contribution in [0.2, 0.25) is 0 Å². The Morgan fingerprint density at radius 2 is 1.95 bits per heavy atom. The second-order valence-electron chi connectivity index (χ2n) is 5.96. The number of nitrogens with one attached hydrogen (secondary N) is 1. The van der Waals surface area contributed by atoms with Crippen molar-refractivity contribution in [2.45, 2.75) is 37.5 Å². The summed E-state index contributed by atoms with van der Waals surface area (Å²) in [5.41, 5.74) is 7.19. The Labute approximate surface area is 125 Å². The van der Waals surface area contributed by atoms with E-state index in [4.69, 9.17) is 10.9 Å². The third-order valence-corrected chi connectivity index (χ3v) is 5.38. The SMILES string of the molecule is Cc1c(NCC2(CO)CCCC2)cc(N)cc1S(N)(=O)=O. The van der Waals surface area contributed by atoms with Gasteiger partial charge >= 0.3 is 0 Å². The van der Waals surface area contributed by atoms with Crippen LogP contribution in [-0.4, -0.2) is 26.7 Å². The van der Waals surface area contributed by atoms with E-state index < -0.39 is 10.0 Å². The number of hydrogen-bond donors (Lipinski definition) is 4. The van der Waals surface area contributed by atoms with E-state index in [1.807, 2.05) is 0 Å². The summed E-state index contributed by atoms with van der Waals surface area (Å²) in [6.07, 6.45) is 4.17. The van der Waals surface area contributed by atoms with E-state index in [0.29, 0.717) is 23.5 Å². The highest BCUT2D eigenvalue weighted by molar-refractivity contribution is 7.89. The largest absolute Gasteiger partial charge is 0.399 e. The number of hydrogen-bond acceptors (Lipinski definition) is 5. The fraction of sp³-hybridized carbons (Fsp3) is 0.571. The molecule has 0 atom stereocenters. The first-order valence-electron chi connectivity index (χ1n) is 7.05. The van der Waals surface area contributed by atoms with Crippen molar-refractivity contribution < 1.29 is 13.5 Å². The number of rotatable bonds is 5. The van der Waals surface area contributed by atoms with Crippen LogP contribution < -0.4 is 16.2 Å². The molecule has 21 heavy (non-hydrogen) atoms. The van der Waals surface area contributed by atoms with Gasteiger partial charge in [0.05, 0.1) is 11.5 Å². The van der Waals surface area contributed by atoms with Crippen LogP contribution in [0.15, 0.2) is 17.0 Å². The van der Waals surface area contributed by atoms with Gasteiger partial charge in [0.15, 0.2) is 0 Å². The number of benzene rings is 1. The van der Waals surface area contributed by atoms with Crippen LogP contribution in [-0.2, 0) is 10.0 Å². The quantitative estimate of drug-likeness (QED) is 0.609. The summed E-state index contributed by atoms with van der Waals surface area (Å²) in [5, 5.41) is 18.1. The number of aliphatic hydroxyl groups is 1. The van der Waals surface area contributed by atoms with Crippen molar-refractivity contribution in [2.75, 3.05) is 24.2 Å². The molecular formula is C14H23N3O3S. The summed E-state index contributed by atoms with van der Waals surface area (Å²) in [6, 6.07) is 3.07. The van der Waals surface area contributed by atoms with Crippen molar-refractivity contribution in [3.8, 4) is 0 Å². The van der Waals surface area contributed by atoms with Gasteiger partial charge in [0.25, 0.3) is 0 Å². The molecule has 6 N–H and O–H groups in total. The van der Waals surface area contributed by atoms with Gasteiger partial charge in [-0.05, 0) is 37.5 Å². The number of nitrogen functional groups attached to an aromatic ring is 1. The predicted molar refractivity (Wildman–Crippen MR) is 83.4 cm³/mol. The molecule has 2 rings (SSSR count). The molecule has 7 heteroatoms. The van der Waals surface area contributed by atoms with E-state index >= 15 is 0 Å². The Morgan fingerprint density at radius 1 is 1.33 bits per heavy atom. The number of sulfonamides is 1. The van der Waals surface area contributed by atoms with Crippen LogP contribution in [0.5, 0.6) is 0 Å². The van der Waals surface area contributed by atoms with Crippen LogP contribution in [0.4, 0.5) is 11.4 Å². The van der Waals surface area contributed by atoms with Gasteiger partial charge in [-0.3, -0.25) is 0 Å². The van der Waals surface area contributed by atoms with E-state index in [-0.39, 0.29) is 16.9 Å². The van der Waals surface area contributed by atoms with Gasteiger partial charge < -0.3 is 16.2 Å². The normalized spacial score (nSPS) is 17.9. The Hall–Kier alpha value is -1.31. The van der Waals surface area contributed by atoms with Gasteiger partial charge in [-0.2, -0.15) is 0 Å². The summed E-state index contributed by atoms with van der Waals surface area (Å²) in [6.45, 7) is 2.42. The average Bonchev–Trinajstić information content (AvgIpc) is 2.87. The van der Waals surface area contributed by atoms with E-state index in [1.165, 1.54) is 6.07 Å². The molecule has 1 aliphatic carbocycles. The van der Waals surface area contributed by atoms with Crippen LogP contribution in [0, 0.1) is 12.3 Å². The Bertz CT molecular complexity index is 623. The van der Waals surface area contributed by atoms with Gasteiger partial charge in [-0.1, -0.05) is 12.8 Å². The fourth-order valence-corrected chi connectivity index (χ4v) is 3.82. The smallest absolute Gasteiger partial charge is 0.238 e. The summed E-state index contributed by atoms with van der Waals surface area (Å²) < 4.78 is 23.2. The first-order valence-corrected chi connectivity index (χ1v) is 8.60. The van der Waals surface area contributed by atoms with E-state index in [0.717, 1.165) is 25.7 Å². The average molecular weight is 313 g/mol. The second-order valence-corrected chi connectivity index (χ2v) is 7.49. The lowest BCUT2D eigenvalue weighted by Crippen LogP contribution is -2.31. The highest BCUT2D eigenvalue weighted by atomic mass is 32.2. The molecule has 0 aliphatic heterocycles. The van der Waals surface area contributed by atoms with Crippen molar-refractivity contribution in [3.05, 3.63) is 17.7 Å². The van der Waals surface area contributed by atoms with Gasteiger partial charge in [-0.15, -0.1) is 0 Å². The maximum Gasteiger partial charge on any atom is 0.238 e. The summed E-state index contributed by atoms with van der Waals surface area (Å²) >= 11 is 0. The molecule has 0 amide bonds. The van der Waals surface area contributed by atoms with Gasteiger partial charge in [0.1, 0.15) is 0 Å². The monoisotopic (exact) mass is 313 g/mol. The molecule has 1 aromatic carbocycles. The number of aliphatic hydroxyl groups excluding tert-OH is 1. The Balaban J connectivity index is 2.26. The lowest BCUT2D eigenvalue weighted by molar-refractivity contribution is 0.142. The molecule has 1 aromatic rings. The first kappa shape index (κ1) is 16.1. The minimum Gasteiger partial charge on any atom is -0.399 e. The molecule has 1 saturated carbocycles. The highest BCUT2D eigenvalue weighted by Crippen LogP contribution is 2.38. The molecule has 6 nitrogen and oxygen atoms in total. The van der Waals surface area contributed by atoms with Crippen molar-refractivity contribution in [1.29, 1.82) is 0 Å². The van der Waals surface area contributed by atoms with E-state index in [1.54, 1.807) is 13.0 Å². The van der Waals surface area contributed by atoms with Crippen molar-refractivity contribution >= 4 is 21.4 Å². The van der Waals surface area contributed by atoms with Crippen LogP contribution in [0.1, 0.15) is 31.2 Å². The Morgan fingerprint density at radius 3 is 2.48 bits per heavy atom. The highest BCUT2D eigenvalue weighted by Gasteiger charge is 2.33. The van der Waals surface area contributed by atoms with E-state index in [9.17, 15) is 13.5 Å². The van der Waals surface area contributed by atoms with Crippen LogP contribution >= 0.6 is 0 Å². The maximum atomic E-state index is 11.6. The van der Waals surface area contributed by atoms with Crippen molar-refractivity contribution in [2.24, 2.45) is 10.6 Å². The van der Waals surface area contributed by atoms with Crippen LogP contribution in [0.3, 0.4) is 0 Å². The molecule has 0 radical (unpaired) electrons. The van der Waals surface area contributed by atoms with E-state index in [2.05, 4.69) is 5.32 Å². The molecule has 1 aliphatic rings. The topological polar surface area (TPSA) is 118 Å². The van der Waals surface area contributed by atoms with Crippen molar-refractivity contribution in [1.82, 2.24) is 0 Å². The van der Waals surface area contributed by atoms with Crippen molar-refractivity contribution in [3.63, 3.8) is 0 Å². The number of anilines is 2. The Kier molecular flexibility index (Phi) is 4.46. The molecule has 0 bridgehead atoms. The number of nitrogens with two attached hydrogens (primary N) is 2. The zero-order valence-electron chi connectivity index (χ0n) is 12.2. The maximum absolute atomic E-state index is 11.6. The van der Waals surface area contributed by atoms with Gasteiger partial charge in [0.2, 0.25) is 10.0 Å². The fourth-order valence-electron chi connectivity index (χ4n) is 2.99. The minimum absolute atomic E-state index is 0.0365. The zero-order chi connectivity index (χ0) is 15.7. The van der Waals surface area contributed by atoms with Gasteiger partial charge in [-0.25, -0.2) is 13.6 Å². The van der Waals surface area contributed by atoms with Crippen LogP contribution in [0.25, 0.3) is 0 Å². The molecule has 0 unspecified atom stereocenters. The third kappa shape index (κ3) is 3.48. The third-order valence-electron chi connectivity index (χ3n) is 4.34. The molecule has 0 saturated heterocycles. The second kappa shape index (κ2) is 5.82. The molecule has 1 fully saturated rings. The summed E-state index contributed by atoms with van der Waals surface area (Å²) in [4.78, 5) is 0.0365. The van der Waals surface area contributed by atoms with Gasteiger partial charge in [0, 0.05) is 23.3 Å². The molecule has 0 heterocycles. The minimum atomic E-state index is -3.81. The lowest BCUT2D eigenvalue weighted by Gasteiger charge is -2.28. The zero-order valence-corrected chi connectivity index (χ0v) is 13.0. The summed E-state index contributed by atoms with van der Waals surface area (Å²) in [5.74, 6) is 0. The molecule has 118 valence electrons. The molecule has 0 aromatic heterocycles. The summed E-state index contributed by atoms with van der Waals surface area (Å²) in [7, 11) is -3.81. The molecule has 0 spiro atoms. The first-order chi connectivity index (χ1) is 9.77. The molecular weight excluding hydrogens is 290 g/mol. The number of primary sulfonamides is 1. The lowest BCUT2D eigenvalue weighted by atomic mass is 9.87. The standard InChI is InChI=1S/C14H23N3O3S/c1-10-12(6-11(15)7-13(10)21(16,19)20)17-8-14(9-18)4-2-3-5-14/h6-7,17-18H,2-5,8-9,15H2,1H3,(H2,16,19,20). The predicted octanol–water partition coefficient (Wildman–Crippen LogP) is 1.19.